The number of benzene rings is 1. The van der Waals surface area contributed by atoms with E-state index >= 15 is 0 Å². The fraction of sp³-hybridized carbons (Fsp3) is 0.471. The number of hydrogen-bond acceptors (Lipinski definition) is 4. The second-order valence-corrected chi connectivity index (χ2v) is 7.01. The molecule has 1 saturated heterocycles. The second kappa shape index (κ2) is 6.26. The standard InChI is InChI=1S/C17H23N3S/c1-17(2,16-19-10-12-21-16)20-11-6-9-18-15(13-20)14-7-4-3-5-8-14/h3-5,7-8,10,12,15,18H,6,9,11,13H2,1-2H3. The van der Waals surface area contributed by atoms with Gasteiger partial charge >= 0.3 is 0 Å². The zero-order valence-electron chi connectivity index (χ0n) is 12.7. The highest BCUT2D eigenvalue weighted by Gasteiger charge is 2.33. The van der Waals surface area contributed by atoms with Crippen molar-refractivity contribution in [3.8, 4) is 0 Å². The van der Waals surface area contributed by atoms with E-state index in [2.05, 4.69) is 64.8 Å². The van der Waals surface area contributed by atoms with E-state index in [-0.39, 0.29) is 5.54 Å². The van der Waals surface area contributed by atoms with E-state index in [9.17, 15) is 0 Å². The molecule has 1 aliphatic rings. The summed E-state index contributed by atoms with van der Waals surface area (Å²) in [6.45, 7) is 7.79. The van der Waals surface area contributed by atoms with Crippen LogP contribution in [0.1, 0.15) is 36.9 Å². The Morgan fingerprint density at radius 1 is 1.29 bits per heavy atom. The molecule has 1 fully saturated rings. The highest BCUT2D eigenvalue weighted by Crippen LogP contribution is 2.32. The maximum Gasteiger partial charge on any atom is 0.112 e. The predicted molar refractivity (Wildman–Crippen MR) is 88.5 cm³/mol. The number of thiazole rings is 1. The summed E-state index contributed by atoms with van der Waals surface area (Å²) in [6, 6.07) is 11.2. The molecule has 0 bridgehead atoms. The van der Waals surface area contributed by atoms with Gasteiger partial charge in [0, 0.05) is 30.7 Å². The van der Waals surface area contributed by atoms with E-state index in [0.717, 1.165) is 19.6 Å². The average Bonchev–Trinajstić information content (AvgIpc) is 2.93. The van der Waals surface area contributed by atoms with Crippen LogP contribution in [-0.4, -0.2) is 29.5 Å². The smallest absolute Gasteiger partial charge is 0.112 e. The van der Waals surface area contributed by atoms with Crippen LogP contribution >= 0.6 is 11.3 Å². The van der Waals surface area contributed by atoms with Crippen molar-refractivity contribution in [1.82, 2.24) is 15.2 Å². The number of rotatable bonds is 3. The van der Waals surface area contributed by atoms with Gasteiger partial charge in [0.05, 0.1) is 5.54 Å². The monoisotopic (exact) mass is 301 g/mol. The maximum absolute atomic E-state index is 4.55. The Bertz CT molecular complexity index is 551. The highest BCUT2D eigenvalue weighted by atomic mass is 32.1. The van der Waals surface area contributed by atoms with E-state index in [1.54, 1.807) is 11.3 Å². The normalized spacial score (nSPS) is 21.1. The van der Waals surface area contributed by atoms with E-state index in [1.165, 1.54) is 17.0 Å². The van der Waals surface area contributed by atoms with Crippen LogP contribution in [-0.2, 0) is 5.54 Å². The lowest BCUT2D eigenvalue weighted by Crippen LogP contribution is -2.44. The molecule has 1 aliphatic heterocycles. The van der Waals surface area contributed by atoms with Gasteiger partial charge in [-0.1, -0.05) is 30.3 Å². The SMILES string of the molecule is CC(C)(c1nccs1)N1CCCNC(c2ccccc2)C1. The topological polar surface area (TPSA) is 28.2 Å². The molecule has 1 N–H and O–H groups in total. The van der Waals surface area contributed by atoms with Crippen LogP contribution in [0.15, 0.2) is 41.9 Å². The zero-order chi connectivity index (χ0) is 14.7. The first kappa shape index (κ1) is 14.7. The average molecular weight is 301 g/mol. The fourth-order valence-electron chi connectivity index (χ4n) is 3.00. The van der Waals surface area contributed by atoms with Crippen molar-refractivity contribution in [2.24, 2.45) is 0 Å². The van der Waals surface area contributed by atoms with Crippen molar-refractivity contribution < 1.29 is 0 Å². The molecule has 4 heteroatoms. The lowest BCUT2D eigenvalue weighted by atomic mass is 10.0. The molecule has 1 aromatic carbocycles. The third-order valence-electron chi connectivity index (χ3n) is 4.35. The third kappa shape index (κ3) is 3.18. The van der Waals surface area contributed by atoms with Crippen LogP contribution < -0.4 is 5.32 Å². The largest absolute Gasteiger partial charge is 0.309 e. The minimum atomic E-state index is -0.00673. The number of nitrogens with zero attached hydrogens (tertiary/aromatic N) is 2. The molecule has 1 unspecified atom stereocenters. The number of aromatic nitrogens is 1. The Kier molecular flexibility index (Phi) is 4.38. The molecule has 2 heterocycles. The highest BCUT2D eigenvalue weighted by molar-refractivity contribution is 7.09. The van der Waals surface area contributed by atoms with Crippen molar-refractivity contribution in [3.05, 3.63) is 52.5 Å². The summed E-state index contributed by atoms with van der Waals surface area (Å²) in [5, 5.41) is 6.96. The molecule has 1 aromatic heterocycles. The summed E-state index contributed by atoms with van der Waals surface area (Å²) >= 11 is 1.75. The zero-order valence-corrected chi connectivity index (χ0v) is 13.6. The van der Waals surface area contributed by atoms with Gasteiger partial charge in [-0.25, -0.2) is 4.98 Å². The molecule has 0 radical (unpaired) electrons. The molecular formula is C17H23N3S. The third-order valence-corrected chi connectivity index (χ3v) is 5.43. The van der Waals surface area contributed by atoms with Crippen LogP contribution in [0.5, 0.6) is 0 Å². The molecule has 112 valence electrons. The van der Waals surface area contributed by atoms with Gasteiger partial charge in [-0.3, -0.25) is 4.90 Å². The molecule has 0 amide bonds. The lowest BCUT2D eigenvalue weighted by molar-refractivity contribution is 0.116. The van der Waals surface area contributed by atoms with E-state index in [1.807, 2.05) is 6.20 Å². The van der Waals surface area contributed by atoms with Crippen LogP contribution in [0.2, 0.25) is 0 Å². The van der Waals surface area contributed by atoms with Gasteiger partial charge < -0.3 is 5.32 Å². The van der Waals surface area contributed by atoms with Crippen LogP contribution in [0.25, 0.3) is 0 Å². The molecule has 0 spiro atoms. The Morgan fingerprint density at radius 2 is 2.10 bits per heavy atom. The molecule has 2 aromatic rings. The Balaban J connectivity index is 1.82. The summed E-state index contributed by atoms with van der Waals surface area (Å²) in [6.07, 6.45) is 3.09. The Morgan fingerprint density at radius 3 is 2.81 bits per heavy atom. The van der Waals surface area contributed by atoms with Crippen LogP contribution in [0.4, 0.5) is 0 Å². The number of hydrogen-bond donors (Lipinski definition) is 1. The van der Waals surface area contributed by atoms with Crippen LogP contribution in [0, 0.1) is 0 Å². The summed E-state index contributed by atoms with van der Waals surface area (Å²) in [5.74, 6) is 0. The van der Waals surface area contributed by atoms with E-state index < -0.39 is 0 Å². The molecule has 3 nitrogen and oxygen atoms in total. The summed E-state index contributed by atoms with van der Waals surface area (Å²) in [5.41, 5.74) is 1.37. The number of nitrogens with one attached hydrogen (secondary N) is 1. The minimum absolute atomic E-state index is 0.00673. The fourth-order valence-corrected chi connectivity index (χ4v) is 3.79. The molecular weight excluding hydrogens is 278 g/mol. The minimum Gasteiger partial charge on any atom is -0.309 e. The van der Waals surface area contributed by atoms with Crippen molar-refractivity contribution in [2.45, 2.75) is 31.8 Å². The summed E-state index contributed by atoms with van der Waals surface area (Å²) in [7, 11) is 0. The molecule has 21 heavy (non-hydrogen) atoms. The van der Waals surface area contributed by atoms with Crippen molar-refractivity contribution in [2.75, 3.05) is 19.6 Å². The summed E-state index contributed by atoms with van der Waals surface area (Å²) < 4.78 is 0. The van der Waals surface area contributed by atoms with Gasteiger partial charge in [0.25, 0.3) is 0 Å². The first-order valence-corrected chi connectivity index (χ1v) is 8.49. The lowest BCUT2D eigenvalue weighted by Gasteiger charge is -2.37. The van der Waals surface area contributed by atoms with Crippen molar-refractivity contribution in [1.29, 1.82) is 0 Å². The molecule has 0 saturated carbocycles. The van der Waals surface area contributed by atoms with Gasteiger partial charge in [-0.15, -0.1) is 11.3 Å². The van der Waals surface area contributed by atoms with E-state index in [4.69, 9.17) is 0 Å². The van der Waals surface area contributed by atoms with Gasteiger partial charge in [0.2, 0.25) is 0 Å². The van der Waals surface area contributed by atoms with Crippen molar-refractivity contribution >= 4 is 11.3 Å². The Hall–Kier alpha value is -1.23. The molecule has 1 atom stereocenters. The van der Waals surface area contributed by atoms with Gasteiger partial charge in [0.1, 0.15) is 5.01 Å². The van der Waals surface area contributed by atoms with Crippen LogP contribution in [0.3, 0.4) is 0 Å². The van der Waals surface area contributed by atoms with Gasteiger partial charge in [-0.05, 0) is 32.4 Å². The second-order valence-electron chi connectivity index (χ2n) is 6.11. The molecule has 0 aliphatic carbocycles. The first-order valence-electron chi connectivity index (χ1n) is 7.61. The van der Waals surface area contributed by atoms with E-state index in [0.29, 0.717) is 6.04 Å². The Labute approximate surface area is 131 Å². The van der Waals surface area contributed by atoms with Gasteiger partial charge in [0.15, 0.2) is 0 Å². The van der Waals surface area contributed by atoms with Crippen molar-refractivity contribution in [3.63, 3.8) is 0 Å². The van der Waals surface area contributed by atoms with Gasteiger partial charge in [-0.2, -0.15) is 0 Å². The predicted octanol–water partition coefficient (Wildman–Crippen LogP) is 3.41. The maximum atomic E-state index is 4.55. The molecule has 3 rings (SSSR count). The summed E-state index contributed by atoms with van der Waals surface area (Å²) in [4.78, 5) is 7.12. The quantitative estimate of drug-likeness (QED) is 0.941. The first-order chi connectivity index (χ1) is 10.2.